The minimum Gasteiger partial charge on any atom is -0.465 e. The van der Waals surface area contributed by atoms with E-state index in [9.17, 15) is 9.59 Å². The number of carbonyl (C=O) groups is 2. The molecule has 1 aromatic rings. The lowest BCUT2D eigenvalue weighted by Crippen LogP contribution is -2.47. The predicted octanol–water partition coefficient (Wildman–Crippen LogP) is 1.82. The van der Waals surface area contributed by atoms with Crippen LogP contribution in [0.5, 0.6) is 0 Å². The molecule has 2 fully saturated rings. The van der Waals surface area contributed by atoms with Crippen LogP contribution in [-0.2, 0) is 9.59 Å². The van der Waals surface area contributed by atoms with Gasteiger partial charge in [0.25, 0.3) is 0 Å². The number of thioether (sulfide) groups is 1. The normalized spacial score (nSPS) is 22.4. The maximum atomic E-state index is 12.5. The van der Waals surface area contributed by atoms with Gasteiger partial charge in [0.15, 0.2) is 0 Å². The van der Waals surface area contributed by atoms with Crippen molar-refractivity contribution in [2.45, 2.75) is 18.9 Å². The minimum absolute atomic E-state index is 0.0947. The van der Waals surface area contributed by atoms with Crippen LogP contribution in [-0.4, -0.2) is 52.4 Å². The van der Waals surface area contributed by atoms with Crippen LogP contribution in [0.15, 0.2) is 28.9 Å². The zero-order valence-corrected chi connectivity index (χ0v) is 12.6. The topological polar surface area (TPSA) is 53.8 Å². The molecule has 2 saturated heterocycles. The summed E-state index contributed by atoms with van der Waals surface area (Å²) in [4.78, 5) is 28.3. The standard InChI is InChI=1S/C15H18N2O3S/c18-14(6-5-12-4-3-9-20-12)17-11-21-10-13(17)15(19)16-7-1-2-8-16/h3-6,9,13H,1-2,7-8,10-11H2/b6-5+. The summed E-state index contributed by atoms with van der Waals surface area (Å²) in [6, 6.07) is 3.24. The van der Waals surface area contributed by atoms with Gasteiger partial charge in [0, 0.05) is 24.9 Å². The van der Waals surface area contributed by atoms with Crippen molar-refractivity contribution in [2.75, 3.05) is 24.7 Å². The molecule has 21 heavy (non-hydrogen) atoms. The first-order valence-corrected chi connectivity index (χ1v) is 8.30. The van der Waals surface area contributed by atoms with Gasteiger partial charge in [-0.3, -0.25) is 9.59 Å². The van der Waals surface area contributed by atoms with Gasteiger partial charge in [0.2, 0.25) is 11.8 Å². The fourth-order valence-electron chi connectivity index (χ4n) is 2.65. The molecule has 0 N–H and O–H groups in total. The van der Waals surface area contributed by atoms with Crippen LogP contribution in [0, 0.1) is 0 Å². The van der Waals surface area contributed by atoms with E-state index in [0.29, 0.717) is 17.4 Å². The van der Waals surface area contributed by atoms with Crippen molar-refractivity contribution in [1.29, 1.82) is 0 Å². The van der Waals surface area contributed by atoms with Gasteiger partial charge in [0.05, 0.1) is 12.1 Å². The third-order valence-electron chi connectivity index (χ3n) is 3.80. The maximum absolute atomic E-state index is 12.5. The van der Waals surface area contributed by atoms with E-state index in [-0.39, 0.29) is 17.9 Å². The van der Waals surface area contributed by atoms with Crippen molar-refractivity contribution >= 4 is 29.7 Å². The van der Waals surface area contributed by atoms with Gasteiger partial charge in [0.1, 0.15) is 11.8 Å². The van der Waals surface area contributed by atoms with Gasteiger partial charge in [-0.1, -0.05) is 0 Å². The quantitative estimate of drug-likeness (QED) is 0.799. The van der Waals surface area contributed by atoms with Crippen molar-refractivity contribution < 1.29 is 14.0 Å². The van der Waals surface area contributed by atoms with Crippen LogP contribution in [0.4, 0.5) is 0 Å². The maximum Gasteiger partial charge on any atom is 0.248 e. The van der Waals surface area contributed by atoms with Crippen molar-refractivity contribution in [1.82, 2.24) is 9.80 Å². The second-order valence-electron chi connectivity index (χ2n) is 5.20. The van der Waals surface area contributed by atoms with Crippen LogP contribution in [0.25, 0.3) is 6.08 Å². The molecule has 0 saturated carbocycles. The summed E-state index contributed by atoms with van der Waals surface area (Å²) in [5, 5.41) is 0. The zero-order chi connectivity index (χ0) is 14.7. The highest BCUT2D eigenvalue weighted by molar-refractivity contribution is 7.99. The van der Waals surface area contributed by atoms with E-state index in [1.54, 1.807) is 41.1 Å². The molecule has 1 aromatic heterocycles. The Hall–Kier alpha value is -1.69. The summed E-state index contributed by atoms with van der Waals surface area (Å²) < 4.78 is 5.16. The third-order valence-corrected chi connectivity index (χ3v) is 4.81. The van der Waals surface area contributed by atoms with E-state index in [1.807, 2.05) is 4.90 Å². The third kappa shape index (κ3) is 3.15. The molecule has 2 aliphatic heterocycles. The number of amides is 2. The number of nitrogens with zero attached hydrogens (tertiary/aromatic N) is 2. The summed E-state index contributed by atoms with van der Waals surface area (Å²) in [5.41, 5.74) is 0. The molecule has 0 bridgehead atoms. The second kappa shape index (κ2) is 6.39. The average molecular weight is 306 g/mol. The molecule has 5 nitrogen and oxygen atoms in total. The van der Waals surface area contributed by atoms with Crippen LogP contribution in [0.2, 0.25) is 0 Å². The van der Waals surface area contributed by atoms with Gasteiger partial charge in [-0.25, -0.2) is 0 Å². The Morgan fingerprint density at radius 1 is 1.33 bits per heavy atom. The molecule has 2 aliphatic rings. The molecular formula is C15H18N2O3S. The molecule has 0 aliphatic carbocycles. The molecule has 2 amide bonds. The minimum atomic E-state index is -0.318. The van der Waals surface area contributed by atoms with Gasteiger partial charge in [-0.05, 0) is 31.1 Å². The Bertz CT molecular complexity index is 535. The molecular weight excluding hydrogens is 288 g/mol. The lowest BCUT2D eigenvalue weighted by molar-refractivity contribution is -0.140. The molecule has 1 unspecified atom stereocenters. The second-order valence-corrected chi connectivity index (χ2v) is 6.20. The van der Waals surface area contributed by atoms with E-state index in [2.05, 4.69) is 0 Å². The van der Waals surface area contributed by atoms with Crippen LogP contribution >= 0.6 is 11.8 Å². The number of hydrogen-bond acceptors (Lipinski definition) is 4. The van der Waals surface area contributed by atoms with Crippen molar-refractivity contribution in [3.8, 4) is 0 Å². The Balaban J connectivity index is 1.65. The summed E-state index contributed by atoms with van der Waals surface area (Å²) in [6.45, 7) is 1.65. The van der Waals surface area contributed by atoms with Crippen LogP contribution < -0.4 is 0 Å². The fourth-order valence-corrected chi connectivity index (χ4v) is 3.80. The van der Waals surface area contributed by atoms with Gasteiger partial charge in [-0.2, -0.15) is 0 Å². The lowest BCUT2D eigenvalue weighted by atomic mass is 10.2. The van der Waals surface area contributed by atoms with E-state index in [0.717, 1.165) is 25.9 Å². The lowest BCUT2D eigenvalue weighted by Gasteiger charge is -2.26. The summed E-state index contributed by atoms with van der Waals surface area (Å²) in [6.07, 6.45) is 6.82. The molecule has 0 aromatic carbocycles. The summed E-state index contributed by atoms with van der Waals surface area (Å²) in [7, 11) is 0. The van der Waals surface area contributed by atoms with E-state index in [1.165, 1.54) is 6.08 Å². The van der Waals surface area contributed by atoms with Gasteiger partial charge in [-0.15, -0.1) is 11.8 Å². The molecule has 1 atom stereocenters. The first-order valence-electron chi connectivity index (χ1n) is 7.14. The molecule has 0 spiro atoms. The number of likely N-dealkylation sites (tertiary alicyclic amines) is 1. The molecule has 6 heteroatoms. The first-order chi connectivity index (χ1) is 10.3. The Labute approximate surface area is 128 Å². The van der Waals surface area contributed by atoms with E-state index in [4.69, 9.17) is 4.42 Å². The average Bonchev–Trinajstić information content (AvgIpc) is 3.26. The van der Waals surface area contributed by atoms with Crippen LogP contribution in [0.1, 0.15) is 18.6 Å². The molecule has 112 valence electrons. The highest BCUT2D eigenvalue weighted by atomic mass is 32.2. The molecule has 3 rings (SSSR count). The molecule has 0 radical (unpaired) electrons. The number of rotatable bonds is 3. The zero-order valence-electron chi connectivity index (χ0n) is 11.7. The van der Waals surface area contributed by atoms with E-state index < -0.39 is 0 Å². The van der Waals surface area contributed by atoms with Gasteiger partial charge < -0.3 is 14.2 Å². The smallest absolute Gasteiger partial charge is 0.248 e. The number of carbonyl (C=O) groups excluding carboxylic acids is 2. The summed E-state index contributed by atoms with van der Waals surface area (Å²) in [5.74, 6) is 1.87. The van der Waals surface area contributed by atoms with E-state index >= 15 is 0 Å². The summed E-state index contributed by atoms with van der Waals surface area (Å²) >= 11 is 1.63. The van der Waals surface area contributed by atoms with Crippen LogP contribution in [0.3, 0.4) is 0 Å². The predicted molar refractivity (Wildman–Crippen MR) is 81.5 cm³/mol. The Morgan fingerprint density at radius 2 is 2.14 bits per heavy atom. The largest absolute Gasteiger partial charge is 0.465 e. The first kappa shape index (κ1) is 14.3. The monoisotopic (exact) mass is 306 g/mol. The number of furan rings is 1. The Morgan fingerprint density at radius 3 is 2.86 bits per heavy atom. The van der Waals surface area contributed by atoms with Crippen molar-refractivity contribution in [3.05, 3.63) is 30.2 Å². The Kier molecular flexibility index (Phi) is 4.34. The highest BCUT2D eigenvalue weighted by Crippen LogP contribution is 2.24. The SMILES string of the molecule is O=C(C1CSCN1C(=O)/C=C/c1ccco1)N1CCCC1. The number of hydrogen-bond donors (Lipinski definition) is 0. The molecule has 3 heterocycles. The van der Waals surface area contributed by atoms with Crippen molar-refractivity contribution in [3.63, 3.8) is 0 Å². The van der Waals surface area contributed by atoms with Crippen molar-refractivity contribution in [2.24, 2.45) is 0 Å². The highest BCUT2D eigenvalue weighted by Gasteiger charge is 2.36. The fraction of sp³-hybridized carbons (Fsp3) is 0.467. The van der Waals surface area contributed by atoms with Gasteiger partial charge >= 0.3 is 0 Å².